The van der Waals surface area contributed by atoms with E-state index in [1.807, 2.05) is 13.0 Å². The van der Waals surface area contributed by atoms with Gasteiger partial charge in [-0.2, -0.15) is 0 Å². The van der Waals surface area contributed by atoms with Gasteiger partial charge >= 0.3 is 6.09 Å². The lowest BCUT2D eigenvalue weighted by atomic mass is 10.1. The first kappa shape index (κ1) is 20.7. The van der Waals surface area contributed by atoms with Gasteiger partial charge in [0.25, 0.3) is 5.91 Å². The summed E-state index contributed by atoms with van der Waals surface area (Å²) in [4.78, 5) is 27.0. The molecule has 6 heteroatoms. The van der Waals surface area contributed by atoms with Crippen LogP contribution in [-0.4, -0.2) is 30.7 Å². The van der Waals surface area contributed by atoms with Crippen LogP contribution in [0.5, 0.6) is 0 Å². The minimum absolute atomic E-state index is 0.227. The molecule has 6 nitrogen and oxygen atoms in total. The zero-order chi connectivity index (χ0) is 21.0. The molecule has 2 aromatic carbocycles. The van der Waals surface area contributed by atoms with Crippen molar-refractivity contribution < 1.29 is 14.3 Å². The van der Waals surface area contributed by atoms with E-state index >= 15 is 0 Å². The Bertz CT molecular complexity index is 896. The van der Waals surface area contributed by atoms with Crippen LogP contribution in [0.2, 0.25) is 0 Å². The molecule has 1 heterocycles. The van der Waals surface area contributed by atoms with Crippen molar-refractivity contribution in [2.24, 2.45) is 0 Å². The minimum atomic E-state index is -0.585. The highest BCUT2D eigenvalue weighted by Crippen LogP contribution is 2.26. The Labute approximate surface area is 172 Å². The molecule has 1 fully saturated rings. The smallest absolute Gasteiger partial charge is 0.412 e. The van der Waals surface area contributed by atoms with Crippen molar-refractivity contribution in [3.63, 3.8) is 0 Å². The van der Waals surface area contributed by atoms with Gasteiger partial charge in [0.05, 0.1) is 0 Å². The first-order valence-corrected chi connectivity index (χ1v) is 9.98. The van der Waals surface area contributed by atoms with Crippen molar-refractivity contribution in [2.75, 3.05) is 28.6 Å². The SMILES string of the molecule is Cc1cc(N2CCCC2)ccc1NC(=O)c1cccc(NC(=O)OC(C)(C)C)c1. The fraction of sp³-hybridized carbons (Fsp3) is 0.391. The van der Waals surface area contributed by atoms with E-state index in [-0.39, 0.29) is 5.91 Å². The third kappa shape index (κ3) is 5.73. The van der Waals surface area contributed by atoms with E-state index in [1.54, 1.807) is 45.0 Å². The molecule has 2 N–H and O–H groups in total. The number of nitrogens with zero attached hydrogens (tertiary/aromatic N) is 1. The number of amides is 2. The second-order valence-electron chi connectivity index (χ2n) is 8.36. The summed E-state index contributed by atoms with van der Waals surface area (Å²) < 4.78 is 5.25. The summed E-state index contributed by atoms with van der Waals surface area (Å²) in [6, 6.07) is 12.9. The van der Waals surface area contributed by atoms with Crippen LogP contribution in [0.4, 0.5) is 21.9 Å². The lowest BCUT2D eigenvalue weighted by molar-refractivity contribution is 0.0635. The molecule has 154 valence electrons. The van der Waals surface area contributed by atoms with Gasteiger partial charge in [0.2, 0.25) is 0 Å². The van der Waals surface area contributed by atoms with Crippen LogP contribution in [0, 0.1) is 6.92 Å². The van der Waals surface area contributed by atoms with Crippen LogP contribution in [-0.2, 0) is 4.74 Å². The highest BCUT2D eigenvalue weighted by molar-refractivity contribution is 6.05. The molecule has 0 spiro atoms. The molecule has 0 aliphatic carbocycles. The van der Waals surface area contributed by atoms with E-state index in [9.17, 15) is 9.59 Å². The summed E-state index contributed by atoms with van der Waals surface area (Å²) in [6.07, 6.45) is 1.90. The Morgan fingerprint density at radius 2 is 1.72 bits per heavy atom. The normalized spacial score (nSPS) is 13.9. The summed E-state index contributed by atoms with van der Waals surface area (Å²) in [6.45, 7) is 9.57. The standard InChI is InChI=1S/C23H29N3O3/c1-16-14-19(26-12-5-6-13-26)10-11-20(16)25-21(27)17-8-7-9-18(15-17)24-22(28)29-23(2,3)4/h7-11,14-15H,5-6,12-13H2,1-4H3,(H,24,28)(H,25,27). The monoisotopic (exact) mass is 395 g/mol. The Balaban J connectivity index is 1.67. The lowest BCUT2D eigenvalue weighted by Gasteiger charge is -2.20. The van der Waals surface area contributed by atoms with E-state index in [4.69, 9.17) is 4.74 Å². The van der Waals surface area contributed by atoms with Gasteiger partial charge in [-0.15, -0.1) is 0 Å². The average Bonchev–Trinajstić information content (AvgIpc) is 3.16. The molecule has 1 aliphatic rings. The molecule has 0 atom stereocenters. The molecule has 29 heavy (non-hydrogen) atoms. The molecule has 0 saturated carbocycles. The molecule has 0 unspecified atom stereocenters. The van der Waals surface area contributed by atoms with Crippen LogP contribution >= 0.6 is 0 Å². The second-order valence-corrected chi connectivity index (χ2v) is 8.36. The van der Waals surface area contributed by atoms with Gasteiger partial charge in [0.1, 0.15) is 5.60 Å². The third-order valence-electron chi connectivity index (χ3n) is 4.70. The zero-order valence-corrected chi connectivity index (χ0v) is 17.5. The van der Waals surface area contributed by atoms with Crippen molar-refractivity contribution in [3.8, 4) is 0 Å². The molecule has 0 radical (unpaired) electrons. The molecule has 2 amide bonds. The van der Waals surface area contributed by atoms with Gasteiger partial charge in [-0.05, 0) is 82.5 Å². The summed E-state index contributed by atoms with van der Waals surface area (Å²) in [5, 5.41) is 5.62. The van der Waals surface area contributed by atoms with Crippen LogP contribution in [0.15, 0.2) is 42.5 Å². The maximum absolute atomic E-state index is 12.7. The summed E-state index contributed by atoms with van der Waals surface area (Å²) in [5.41, 5.74) is 3.38. The number of anilines is 3. The van der Waals surface area contributed by atoms with E-state index < -0.39 is 11.7 Å². The number of benzene rings is 2. The summed E-state index contributed by atoms with van der Waals surface area (Å²) in [7, 11) is 0. The highest BCUT2D eigenvalue weighted by Gasteiger charge is 2.17. The van der Waals surface area contributed by atoms with Gasteiger partial charge in [0, 0.05) is 35.7 Å². The maximum atomic E-state index is 12.7. The predicted molar refractivity (Wildman–Crippen MR) is 117 cm³/mol. The van der Waals surface area contributed by atoms with E-state index in [2.05, 4.69) is 27.7 Å². The van der Waals surface area contributed by atoms with Crippen molar-refractivity contribution in [2.45, 2.75) is 46.1 Å². The Hall–Kier alpha value is -3.02. The fourth-order valence-electron chi connectivity index (χ4n) is 3.31. The number of carbonyl (C=O) groups is 2. The van der Waals surface area contributed by atoms with Gasteiger partial charge in [-0.1, -0.05) is 6.07 Å². The Morgan fingerprint density at radius 1 is 1.00 bits per heavy atom. The number of nitrogens with one attached hydrogen (secondary N) is 2. The molecular weight excluding hydrogens is 366 g/mol. The third-order valence-corrected chi connectivity index (χ3v) is 4.70. The number of ether oxygens (including phenoxy) is 1. The van der Waals surface area contributed by atoms with Crippen molar-refractivity contribution in [1.29, 1.82) is 0 Å². The number of hydrogen-bond donors (Lipinski definition) is 2. The Morgan fingerprint density at radius 3 is 2.38 bits per heavy atom. The lowest BCUT2D eigenvalue weighted by Crippen LogP contribution is -2.27. The fourth-order valence-corrected chi connectivity index (χ4v) is 3.31. The quantitative estimate of drug-likeness (QED) is 0.747. The molecule has 0 bridgehead atoms. The first-order valence-electron chi connectivity index (χ1n) is 9.98. The van der Waals surface area contributed by atoms with Crippen LogP contribution in [0.3, 0.4) is 0 Å². The van der Waals surface area contributed by atoms with Crippen molar-refractivity contribution >= 4 is 29.1 Å². The van der Waals surface area contributed by atoms with Crippen molar-refractivity contribution in [1.82, 2.24) is 0 Å². The van der Waals surface area contributed by atoms with E-state index in [0.717, 1.165) is 24.3 Å². The van der Waals surface area contributed by atoms with Gasteiger partial charge in [-0.25, -0.2) is 4.79 Å². The zero-order valence-electron chi connectivity index (χ0n) is 17.5. The van der Waals surface area contributed by atoms with Gasteiger partial charge in [0.15, 0.2) is 0 Å². The molecule has 1 aliphatic heterocycles. The first-order chi connectivity index (χ1) is 13.7. The minimum Gasteiger partial charge on any atom is -0.444 e. The second kappa shape index (κ2) is 8.55. The molecule has 3 rings (SSSR count). The topological polar surface area (TPSA) is 70.7 Å². The van der Waals surface area contributed by atoms with Crippen LogP contribution < -0.4 is 15.5 Å². The molecule has 2 aromatic rings. The number of aryl methyl sites for hydroxylation is 1. The molecule has 1 saturated heterocycles. The average molecular weight is 396 g/mol. The Kier molecular flexibility index (Phi) is 6.11. The summed E-state index contributed by atoms with van der Waals surface area (Å²) in [5.74, 6) is -0.227. The highest BCUT2D eigenvalue weighted by atomic mass is 16.6. The predicted octanol–water partition coefficient (Wildman–Crippen LogP) is 5.19. The number of hydrogen-bond acceptors (Lipinski definition) is 4. The van der Waals surface area contributed by atoms with Crippen LogP contribution in [0.1, 0.15) is 49.5 Å². The number of carbonyl (C=O) groups excluding carboxylic acids is 2. The van der Waals surface area contributed by atoms with E-state index in [0.29, 0.717) is 11.3 Å². The summed E-state index contributed by atoms with van der Waals surface area (Å²) >= 11 is 0. The maximum Gasteiger partial charge on any atom is 0.412 e. The van der Waals surface area contributed by atoms with Gasteiger partial charge in [-0.3, -0.25) is 10.1 Å². The largest absolute Gasteiger partial charge is 0.444 e. The number of rotatable bonds is 4. The van der Waals surface area contributed by atoms with Crippen molar-refractivity contribution in [3.05, 3.63) is 53.6 Å². The van der Waals surface area contributed by atoms with Crippen LogP contribution in [0.25, 0.3) is 0 Å². The van der Waals surface area contributed by atoms with Gasteiger partial charge < -0.3 is 15.0 Å². The molecule has 0 aromatic heterocycles. The molecular formula is C23H29N3O3. The van der Waals surface area contributed by atoms with E-state index in [1.165, 1.54) is 18.5 Å².